The van der Waals surface area contributed by atoms with E-state index in [1.807, 2.05) is 6.07 Å². The lowest BCUT2D eigenvalue weighted by Crippen LogP contribution is -2.06. The van der Waals surface area contributed by atoms with Gasteiger partial charge in [0.1, 0.15) is 11.6 Å². The fraction of sp³-hybridized carbons (Fsp3) is 0.278. The van der Waals surface area contributed by atoms with Crippen molar-refractivity contribution in [2.75, 3.05) is 0 Å². The van der Waals surface area contributed by atoms with Gasteiger partial charge in [-0.1, -0.05) is 36.0 Å². The van der Waals surface area contributed by atoms with Gasteiger partial charge in [-0.2, -0.15) is 0 Å². The second-order valence-electron chi connectivity index (χ2n) is 6.01. The summed E-state index contributed by atoms with van der Waals surface area (Å²) in [6, 6.07) is 10.6. The maximum absolute atomic E-state index is 13.3. The first kappa shape index (κ1) is 15.0. The number of nitrogens with zero attached hydrogens (tertiary/aromatic N) is 2. The fourth-order valence-electron chi connectivity index (χ4n) is 3.43. The highest BCUT2D eigenvalue weighted by Crippen LogP contribution is 2.38. The van der Waals surface area contributed by atoms with Gasteiger partial charge >= 0.3 is 0 Å². The molecule has 23 heavy (non-hydrogen) atoms. The Labute approximate surface area is 143 Å². The van der Waals surface area contributed by atoms with E-state index >= 15 is 0 Å². The smallest absolute Gasteiger partial charge is 0.141 e. The predicted molar refractivity (Wildman–Crippen MR) is 92.7 cm³/mol. The molecule has 0 aliphatic heterocycles. The third-order valence-electron chi connectivity index (χ3n) is 4.52. The molecule has 118 valence electrons. The Morgan fingerprint density at radius 1 is 1.00 bits per heavy atom. The molecule has 0 atom stereocenters. The number of rotatable bonds is 2. The van der Waals surface area contributed by atoms with Gasteiger partial charge in [0.2, 0.25) is 0 Å². The monoisotopic (exact) mass is 348 g/mol. The summed E-state index contributed by atoms with van der Waals surface area (Å²) in [6.07, 6.45) is 4.68. The van der Waals surface area contributed by atoms with Crippen molar-refractivity contribution >= 4 is 34.2 Å². The molecular weight excluding hydrogens is 334 g/mol. The van der Waals surface area contributed by atoms with Gasteiger partial charge < -0.3 is 4.57 Å². The van der Waals surface area contributed by atoms with Crippen LogP contribution in [0, 0.1) is 5.82 Å². The van der Waals surface area contributed by atoms with E-state index in [0.29, 0.717) is 16.1 Å². The van der Waals surface area contributed by atoms with Crippen LogP contribution in [-0.2, 0) is 0 Å². The van der Waals surface area contributed by atoms with E-state index in [2.05, 4.69) is 4.57 Å². The van der Waals surface area contributed by atoms with Gasteiger partial charge in [-0.25, -0.2) is 9.37 Å². The van der Waals surface area contributed by atoms with Crippen LogP contribution in [0.1, 0.15) is 31.7 Å². The normalized spacial score (nSPS) is 15.6. The Bertz CT molecular complexity index is 865. The van der Waals surface area contributed by atoms with Gasteiger partial charge in [0.25, 0.3) is 0 Å². The Kier molecular flexibility index (Phi) is 3.78. The van der Waals surface area contributed by atoms with Crippen LogP contribution in [0.2, 0.25) is 10.0 Å². The molecule has 1 saturated carbocycles. The van der Waals surface area contributed by atoms with Crippen molar-refractivity contribution in [3.63, 3.8) is 0 Å². The highest BCUT2D eigenvalue weighted by atomic mass is 35.5. The molecule has 0 N–H and O–H groups in total. The van der Waals surface area contributed by atoms with Gasteiger partial charge in [0, 0.05) is 11.6 Å². The molecule has 1 heterocycles. The lowest BCUT2D eigenvalue weighted by atomic mass is 10.1. The summed E-state index contributed by atoms with van der Waals surface area (Å²) in [5.41, 5.74) is 2.72. The van der Waals surface area contributed by atoms with Crippen LogP contribution < -0.4 is 0 Å². The first-order chi connectivity index (χ1) is 11.1. The zero-order valence-corrected chi connectivity index (χ0v) is 13.9. The lowest BCUT2D eigenvalue weighted by molar-refractivity contribution is 0.537. The number of fused-ring (bicyclic) bond motifs is 1. The molecule has 3 aromatic rings. The predicted octanol–water partition coefficient (Wildman–Crippen LogP) is 6.26. The van der Waals surface area contributed by atoms with E-state index in [1.165, 1.54) is 25.0 Å². The minimum absolute atomic E-state index is 0.247. The average molecular weight is 349 g/mol. The molecule has 0 spiro atoms. The van der Waals surface area contributed by atoms with Crippen LogP contribution in [0.25, 0.3) is 22.4 Å². The second kappa shape index (κ2) is 5.81. The highest BCUT2D eigenvalue weighted by molar-refractivity contribution is 6.42. The van der Waals surface area contributed by atoms with E-state index in [4.69, 9.17) is 28.2 Å². The Morgan fingerprint density at radius 3 is 2.35 bits per heavy atom. The number of hydrogen-bond acceptors (Lipinski definition) is 1. The summed E-state index contributed by atoms with van der Waals surface area (Å²) in [6.45, 7) is 0. The number of aromatic nitrogens is 2. The van der Waals surface area contributed by atoms with Crippen molar-refractivity contribution < 1.29 is 4.39 Å². The molecule has 0 radical (unpaired) electrons. The van der Waals surface area contributed by atoms with E-state index in [1.54, 1.807) is 18.2 Å². The Balaban J connectivity index is 1.98. The van der Waals surface area contributed by atoms with Crippen molar-refractivity contribution in [2.24, 2.45) is 0 Å². The van der Waals surface area contributed by atoms with Gasteiger partial charge in [-0.3, -0.25) is 0 Å². The Morgan fingerprint density at radius 2 is 1.65 bits per heavy atom. The maximum atomic E-state index is 13.3. The van der Waals surface area contributed by atoms with Crippen LogP contribution in [0.3, 0.4) is 0 Å². The van der Waals surface area contributed by atoms with Gasteiger partial charge in [0.15, 0.2) is 0 Å². The molecule has 1 fully saturated rings. The minimum atomic E-state index is -0.247. The molecule has 1 aliphatic rings. The van der Waals surface area contributed by atoms with Crippen molar-refractivity contribution in [3.8, 4) is 11.4 Å². The number of imidazole rings is 1. The molecular formula is C18H15Cl2FN2. The van der Waals surface area contributed by atoms with Gasteiger partial charge in [-0.15, -0.1) is 0 Å². The lowest BCUT2D eigenvalue weighted by Gasteiger charge is -2.16. The molecule has 1 aromatic heterocycles. The third kappa shape index (κ3) is 2.62. The topological polar surface area (TPSA) is 17.8 Å². The highest BCUT2D eigenvalue weighted by Gasteiger charge is 2.24. The third-order valence-corrected chi connectivity index (χ3v) is 5.25. The zero-order chi connectivity index (χ0) is 16.0. The summed E-state index contributed by atoms with van der Waals surface area (Å²) in [4.78, 5) is 4.76. The largest absolute Gasteiger partial charge is 0.321 e. The number of benzene rings is 2. The first-order valence-corrected chi connectivity index (χ1v) is 8.52. The van der Waals surface area contributed by atoms with Crippen LogP contribution in [0.4, 0.5) is 4.39 Å². The molecule has 0 saturated heterocycles. The molecule has 2 nitrogen and oxygen atoms in total. The molecule has 5 heteroatoms. The minimum Gasteiger partial charge on any atom is -0.321 e. The van der Waals surface area contributed by atoms with Crippen LogP contribution >= 0.6 is 23.2 Å². The average Bonchev–Trinajstić information content (AvgIpc) is 3.16. The van der Waals surface area contributed by atoms with Crippen molar-refractivity contribution in [3.05, 3.63) is 52.3 Å². The number of halogens is 3. The summed E-state index contributed by atoms with van der Waals surface area (Å²) < 4.78 is 15.5. The van der Waals surface area contributed by atoms with Crippen molar-refractivity contribution in [2.45, 2.75) is 31.7 Å². The van der Waals surface area contributed by atoms with E-state index in [9.17, 15) is 4.39 Å². The van der Waals surface area contributed by atoms with E-state index < -0.39 is 0 Å². The molecule has 1 aliphatic carbocycles. The Hall–Kier alpha value is -1.58. The molecule has 4 rings (SSSR count). The molecule has 2 aromatic carbocycles. The first-order valence-electron chi connectivity index (χ1n) is 7.76. The zero-order valence-electron chi connectivity index (χ0n) is 12.4. The summed E-state index contributed by atoms with van der Waals surface area (Å²) in [7, 11) is 0. The van der Waals surface area contributed by atoms with Crippen LogP contribution in [-0.4, -0.2) is 9.55 Å². The van der Waals surface area contributed by atoms with Crippen molar-refractivity contribution in [1.82, 2.24) is 9.55 Å². The quantitative estimate of drug-likeness (QED) is 0.534. The summed E-state index contributed by atoms with van der Waals surface area (Å²) in [5.74, 6) is 0.605. The van der Waals surface area contributed by atoms with Crippen LogP contribution in [0.5, 0.6) is 0 Å². The van der Waals surface area contributed by atoms with E-state index in [0.717, 1.165) is 35.3 Å². The van der Waals surface area contributed by atoms with Gasteiger partial charge in [-0.05, 0) is 49.2 Å². The van der Waals surface area contributed by atoms with Crippen molar-refractivity contribution in [1.29, 1.82) is 0 Å². The SMILES string of the molecule is Fc1ccc(-c2nc3cc(Cl)c(Cl)cc3n2C2CCCC2)cc1. The standard InChI is InChI=1S/C18H15Cl2FN2/c19-14-9-16-17(10-15(14)20)23(13-3-1-2-4-13)18(22-16)11-5-7-12(21)8-6-11/h5-10,13H,1-4H2. The summed E-state index contributed by atoms with van der Waals surface area (Å²) in [5, 5.41) is 1.03. The second-order valence-corrected chi connectivity index (χ2v) is 6.82. The number of hydrogen-bond donors (Lipinski definition) is 0. The van der Waals surface area contributed by atoms with Gasteiger partial charge in [0.05, 0.1) is 21.1 Å². The molecule has 0 amide bonds. The van der Waals surface area contributed by atoms with Crippen LogP contribution in [0.15, 0.2) is 36.4 Å². The maximum Gasteiger partial charge on any atom is 0.141 e. The van der Waals surface area contributed by atoms with E-state index in [-0.39, 0.29) is 5.82 Å². The molecule has 0 bridgehead atoms. The summed E-state index contributed by atoms with van der Waals surface area (Å²) >= 11 is 12.4. The molecule has 0 unspecified atom stereocenters. The fourth-order valence-corrected chi connectivity index (χ4v) is 3.74.